The second kappa shape index (κ2) is 7.95. The molecule has 0 radical (unpaired) electrons. The Morgan fingerprint density at radius 2 is 1.85 bits per heavy atom. The molecule has 0 bridgehead atoms. The van der Waals surface area contributed by atoms with E-state index >= 15 is 0 Å². The minimum absolute atomic E-state index is 0.175. The van der Waals surface area contributed by atoms with Gasteiger partial charge in [0.1, 0.15) is 0 Å². The number of rotatable bonds is 7. The molecule has 1 heterocycles. The average Bonchev–Trinajstić information content (AvgIpc) is 2.47. The van der Waals surface area contributed by atoms with Crippen LogP contribution in [0, 0.1) is 11.8 Å². The summed E-state index contributed by atoms with van der Waals surface area (Å²) in [5.41, 5.74) is 0. The van der Waals surface area contributed by atoms with Gasteiger partial charge in [0.15, 0.2) is 0 Å². The second-order valence-electron chi connectivity index (χ2n) is 5.23. The van der Waals surface area contributed by atoms with Crippen LogP contribution in [-0.4, -0.2) is 45.4 Å². The van der Waals surface area contributed by atoms with Crippen molar-refractivity contribution in [3.8, 4) is 0 Å². The van der Waals surface area contributed by atoms with Crippen LogP contribution < -0.4 is 4.72 Å². The fourth-order valence-corrected chi connectivity index (χ4v) is 3.71. The minimum Gasteiger partial charge on any atom is -0.469 e. The van der Waals surface area contributed by atoms with E-state index < -0.39 is 10.2 Å². The summed E-state index contributed by atoms with van der Waals surface area (Å²) in [7, 11) is -2.06. The molecule has 0 aromatic heterocycles. The standard InChI is InChI=1S/C13H26N2O4S/c1-4-11(5-2)10-14-20(17,18)15-8-6-12(7-9-15)13(16)19-3/h11-12,14H,4-10H2,1-3H3. The molecule has 1 rings (SSSR count). The maximum Gasteiger partial charge on any atom is 0.308 e. The Bertz CT molecular complexity index is 399. The summed E-state index contributed by atoms with van der Waals surface area (Å²) in [6, 6.07) is 0. The third-order valence-corrected chi connectivity index (χ3v) is 5.61. The quantitative estimate of drug-likeness (QED) is 0.716. The van der Waals surface area contributed by atoms with Crippen LogP contribution in [0.2, 0.25) is 0 Å². The van der Waals surface area contributed by atoms with Crippen molar-refractivity contribution in [2.75, 3.05) is 26.7 Å². The van der Waals surface area contributed by atoms with Crippen LogP contribution in [0.5, 0.6) is 0 Å². The molecule has 1 fully saturated rings. The van der Waals surface area contributed by atoms with Crippen molar-refractivity contribution in [1.29, 1.82) is 0 Å². The summed E-state index contributed by atoms with van der Waals surface area (Å²) in [6.07, 6.45) is 2.98. The van der Waals surface area contributed by atoms with E-state index in [4.69, 9.17) is 4.74 Å². The van der Waals surface area contributed by atoms with Gasteiger partial charge in [0.2, 0.25) is 0 Å². The van der Waals surface area contributed by atoms with E-state index in [2.05, 4.69) is 18.6 Å². The molecule has 0 saturated carbocycles. The third-order valence-electron chi connectivity index (χ3n) is 4.04. The number of hydrogen-bond acceptors (Lipinski definition) is 4. The highest BCUT2D eigenvalue weighted by Crippen LogP contribution is 2.20. The number of methoxy groups -OCH3 is 1. The molecule has 0 aromatic carbocycles. The van der Waals surface area contributed by atoms with Crippen molar-refractivity contribution in [3.63, 3.8) is 0 Å². The monoisotopic (exact) mass is 306 g/mol. The molecule has 0 aliphatic carbocycles. The van der Waals surface area contributed by atoms with E-state index in [1.54, 1.807) is 0 Å². The Labute approximate surface area is 122 Å². The Morgan fingerprint density at radius 1 is 1.30 bits per heavy atom. The topological polar surface area (TPSA) is 75.7 Å². The predicted molar refractivity (Wildman–Crippen MR) is 77.3 cm³/mol. The number of nitrogens with one attached hydrogen (secondary N) is 1. The number of carbonyl (C=O) groups excluding carboxylic acids is 1. The van der Waals surface area contributed by atoms with Gasteiger partial charge in [0.05, 0.1) is 13.0 Å². The van der Waals surface area contributed by atoms with Crippen LogP contribution in [-0.2, 0) is 19.7 Å². The van der Waals surface area contributed by atoms with Crippen molar-refractivity contribution in [2.24, 2.45) is 11.8 Å². The average molecular weight is 306 g/mol. The number of piperidine rings is 1. The van der Waals surface area contributed by atoms with Crippen molar-refractivity contribution < 1.29 is 17.9 Å². The first-order valence-electron chi connectivity index (χ1n) is 7.27. The van der Waals surface area contributed by atoms with Gasteiger partial charge < -0.3 is 4.74 Å². The van der Waals surface area contributed by atoms with Crippen molar-refractivity contribution >= 4 is 16.2 Å². The molecular weight excluding hydrogens is 280 g/mol. The Balaban J connectivity index is 2.48. The highest BCUT2D eigenvalue weighted by atomic mass is 32.2. The van der Waals surface area contributed by atoms with Crippen LogP contribution >= 0.6 is 0 Å². The molecule has 0 atom stereocenters. The summed E-state index contributed by atoms with van der Waals surface area (Å²) < 4.78 is 33.1. The van der Waals surface area contributed by atoms with Gasteiger partial charge in [-0.3, -0.25) is 4.79 Å². The summed E-state index contributed by atoms with van der Waals surface area (Å²) in [6.45, 7) is 5.34. The van der Waals surface area contributed by atoms with Gasteiger partial charge >= 0.3 is 5.97 Å². The number of ether oxygens (including phenoxy) is 1. The lowest BCUT2D eigenvalue weighted by atomic mass is 9.99. The smallest absolute Gasteiger partial charge is 0.308 e. The summed E-state index contributed by atoms with van der Waals surface area (Å²) in [4.78, 5) is 11.4. The Kier molecular flexibility index (Phi) is 6.91. The predicted octanol–water partition coefficient (Wildman–Crippen LogP) is 1.14. The molecule has 1 aliphatic rings. The lowest BCUT2D eigenvalue weighted by molar-refractivity contribution is -0.146. The van der Waals surface area contributed by atoms with Crippen molar-refractivity contribution in [3.05, 3.63) is 0 Å². The molecule has 6 nitrogen and oxygen atoms in total. The largest absolute Gasteiger partial charge is 0.469 e. The second-order valence-corrected chi connectivity index (χ2v) is 6.99. The van der Waals surface area contributed by atoms with Gasteiger partial charge in [-0.1, -0.05) is 26.7 Å². The van der Waals surface area contributed by atoms with E-state index in [1.807, 2.05) is 0 Å². The molecular formula is C13H26N2O4S. The van der Waals surface area contributed by atoms with Gasteiger partial charge in [-0.25, -0.2) is 4.72 Å². The van der Waals surface area contributed by atoms with E-state index in [0.717, 1.165) is 12.8 Å². The van der Waals surface area contributed by atoms with Crippen molar-refractivity contribution in [2.45, 2.75) is 39.5 Å². The van der Waals surface area contributed by atoms with Gasteiger partial charge in [0, 0.05) is 19.6 Å². The first-order valence-corrected chi connectivity index (χ1v) is 8.71. The maximum atomic E-state index is 12.2. The third kappa shape index (κ3) is 4.71. The number of nitrogens with zero attached hydrogens (tertiary/aromatic N) is 1. The van der Waals surface area contributed by atoms with Gasteiger partial charge in [-0.15, -0.1) is 0 Å². The molecule has 0 aromatic rings. The molecule has 0 spiro atoms. The van der Waals surface area contributed by atoms with E-state index in [9.17, 15) is 13.2 Å². The zero-order valence-electron chi connectivity index (χ0n) is 12.6. The molecule has 1 N–H and O–H groups in total. The summed E-state index contributed by atoms with van der Waals surface area (Å²) >= 11 is 0. The zero-order chi connectivity index (χ0) is 15.2. The van der Waals surface area contributed by atoms with Crippen LogP contribution in [0.4, 0.5) is 0 Å². The van der Waals surface area contributed by atoms with Gasteiger partial charge in [-0.2, -0.15) is 12.7 Å². The van der Waals surface area contributed by atoms with E-state index in [1.165, 1.54) is 11.4 Å². The summed E-state index contributed by atoms with van der Waals surface area (Å²) in [5, 5.41) is 0. The molecule has 118 valence electrons. The highest BCUT2D eigenvalue weighted by Gasteiger charge is 2.31. The number of esters is 1. The maximum absolute atomic E-state index is 12.2. The molecule has 1 aliphatic heterocycles. The molecule has 7 heteroatoms. The lowest BCUT2D eigenvalue weighted by Gasteiger charge is -2.30. The van der Waals surface area contributed by atoms with E-state index in [0.29, 0.717) is 38.4 Å². The van der Waals surface area contributed by atoms with Crippen LogP contribution in [0.25, 0.3) is 0 Å². The molecule has 0 amide bonds. The van der Waals surface area contributed by atoms with Crippen LogP contribution in [0.1, 0.15) is 39.5 Å². The Morgan fingerprint density at radius 3 is 2.30 bits per heavy atom. The van der Waals surface area contributed by atoms with Crippen molar-refractivity contribution in [1.82, 2.24) is 9.03 Å². The fourth-order valence-electron chi connectivity index (χ4n) is 2.39. The normalized spacial score (nSPS) is 18.4. The Hall–Kier alpha value is -0.660. The number of hydrogen-bond donors (Lipinski definition) is 1. The lowest BCUT2D eigenvalue weighted by Crippen LogP contribution is -2.47. The number of carbonyl (C=O) groups is 1. The van der Waals surface area contributed by atoms with Crippen LogP contribution in [0.15, 0.2) is 0 Å². The van der Waals surface area contributed by atoms with Gasteiger partial charge in [0.25, 0.3) is 10.2 Å². The first-order chi connectivity index (χ1) is 9.44. The molecule has 1 saturated heterocycles. The highest BCUT2D eigenvalue weighted by molar-refractivity contribution is 7.87. The summed E-state index contributed by atoms with van der Waals surface area (Å²) in [5.74, 6) is -0.0464. The van der Waals surface area contributed by atoms with Crippen LogP contribution in [0.3, 0.4) is 0 Å². The van der Waals surface area contributed by atoms with E-state index in [-0.39, 0.29) is 11.9 Å². The molecule has 0 unspecified atom stereocenters. The minimum atomic E-state index is -3.42. The zero-order valence-corrected chi connectivity index (χ0v) is 13.4. The van der Waals surface area contributed by atoms with Gasteiger partial charge in [-0.05, 0) is 18.8 Å². The fraction of sp³-hybridized carbons (Fsp3) is 0.923. The SMILES string of the molecule is CCC(CC)CNS(=O)(=O)N1CCC(C(=O)OC)CC1. The first kappa shape index (κ1) is 17.4. The molecule has 20 heavy (non-hydrogen) atoms.